The zero-order chi connectivity index (χ0) is 16.5. The van der Waals surface area contributed by atoms with Gasteiger partial charge >= 0.3 is 0 Å². The van der Waals surface area contributed by atoms with Crippen LogP contribution in [0, 0.1) is 6.92 Å². The molecule has 7 heteroatoms. The zero-order valence-corrected chi connectivity index (χ0v) is 14.2. The van der Waals surface area contributed by atoms with Gasteiger partial charge in [-0.1, -0.05) is 0 Å². The Morgan fingerprint density at radius 2 is 2.25 bits per heavy atom. The highest BCUT2D eigenvalue weighted by Crippen LogP contribution is 2.23. The van der Waals surface area contributed by atoms with Gasteiger partial charge in [-0.25, -0.2) is 4.98 Å². The predicted octanol–water partition coefficient (Wildman–Crippen LogP) is 2.08. The minimum absolute atomic E-state index is 0.268. The Bertz CT molecular complexity index is 802. The SMILES string of the molecule is Cc1cc(CC(C)n2ccnc2-c2cc3n(n2)CCCNC3)n[nH]1. The fourth-order valence-electron chi connectivity index (χ4n) is 3.32. The first-order chi connectivity index (χ1) is 11.7. The van der Waals surface area contributed by atoms with E-state index < -0.39 is 0 Å². The Morgan fingerprint density at radius 1 is 1.33 bits per heavy atom. The van der Waals surface area contributed by atoms with Crippen LogP contribution in [-0.2, 0) is 19.5 Å². The molecule has 0 saturated carbocycles. The molecule has 0 spiro atoms. The molecule has 0 aliphatic carbocycles. The third-order valence-electron chi connectivity index (χ3n) is 4.53. The first-order valence-electron chi connectivity index (χ1n) is 8.52. The second kappa shape index (κ2) is 6.24. The van der Waals surface area contributed by atoms with Crippen molar-refractivity contribution in [2.75, 3.05) is 6.54 Å². The molecule has 3 aromatic heterocycles. The van der Waals surface area contributed by atoms with Gasteiger partial charge in [0.2, 0.25) is 0 Å². The average Bonchev–Trinajstić information content (AvgIpc) is 3.25. The van der Waals surface area contributed by atoms with E-state index in [1.54, 1.807) is 0 Å². The van der Waals surface area contributed by atoms with Gasteiger partial charge in [-0.15, -0.1) is 0 Å². The molecule has 7 nitrogen and oxygen atoms in total. The molecule has 2 N–H and O–H groups in total. The summed E-state index contributed by atoms with van der Waals surface area (Å²) >= 11 is 0. The van der Waals surface area contributed by atoms with Gasteiger partial charge < -0.3 is 9.88 Å². The number of aryl methyl sites for hydroxylation is 2. The van der Waals surface area contributed by atoms with E-state index in [2.05, 4.69) is 48.8 Å². The maximum absolute atomic E-state index is 4.78. The maximum atomic E-state index is 4.78. The highest BCUT2D eigenvalue weighted by molar-refractivity contribution is 5.50. The lowest BCUT2D eigenvalue weighted by Crippen LogP contribution is -2.12. The van der Waals surface area contributed by atoms with Crippen molar-refractivity contribution in [2.24, 2.45) is 0 Å². The molecule has 0 radical (unpaired) electrons. The van der Waals surface area contributed by atoms with Crippen molar-refractivity contribution < 1.29 is 0 Å². The molecule has 1 aliphatic rings. The zero-order valence-electron chi connectivity index (χ0n) is 14.2. The van der Waals surface area contributed by atoms with Crippen molar-refractivity contribution in [1.29, 1.82) is 0 Å². The summed E-state index contributed by atoms with van der Waals surface area (Å²) < 4.78 is 4.30. The van der Waals surface area contributed by atoms with Crippen LogP contribution >= 0.6 is 0 Å². The summed E-state index contributed by atoms with van der Waals surface area (Å²) in [4.78, 5) is 4.56. The van der Waals surface area contributed by atoms with E-state index in [4.69, 9.17) is 5.10 Å². The first kappa shape index (κ1) is 15.1. The van der Waals surface area contributed by atoms with E-state index in [0.29, 0.717) is 0 Å². The van der Waals surface area contributed by atoms with E-state index >= 15 is 0 Å². The van der Waals surface area contributed by atoms with Crippen molar-refractivity contribution in [3.05, 3.63) is 41.6 Å². The lowest BCUT2D eigenvalue weighted by molar-refractivity contribution is 0.539. The molecule has 4 rings (SSSR count). The van der Waals surface area contributed by atoms with Crippen LogP contribution in [0.1, 0.15) is 36.5 Å². The summed E-state index contributed by atoms with van der Waals surface area (Å²) in [7, 11) is 0. The Labute approximate surface area is 141 Å². The summed E-state index contributed by atoms with van der Waals surface area (Å²) in [5, 5.41) is 15.6. The fraction of sp³-hybridized carbons (Fsp3) is 0.471. The summed E-state index contributed by atoms with van der Waals surface area (Å²) in [5.41, 5.74) is 4.34. The molecule has 1 unspecified atom stereocenters. The van der Waals surface area contributed by atoms with E-state index in [1.165, 1.54) is 5.69 Å². The second-order valence-corrected chi connectivity index (χ2v) is 6.53. The van der Waals surface area contributed by atoms with Crippen molar-refractivity contribution >= 4 is 0 Å². The Morgan fingerprint density at radius 3 is 3.08 bits per heavy atom. The van der Waals surface area contributed by atoms with Crippen LogP contribution < -0.4 is 5.32 Å². The third-order valence-corrected chi connectivity index (χ3v) is 4.53. The number of nitrogens with zero attached hydrogens (tertiary/aromatic N) is 5. The predicted molar refractivity (Wildman–Crippen MR) is 91.5 cm³/mol. The van der Waals surface area contributed by atoms with Crippen molar-refractivity contribution in [3.63, 3.8) is 0 Å². The Kier molecular flexibility index (Phi) is 3.93. The van der Waals surface area contributed by atoms with Crippen molar-refractivity contribution in [3.8, 4) is 11.5 Å². The highest BCUT2D eigenvalue weighted by Gasteiger charge is 2.18. The topological polar surface area (TPSA) is 76.3 Å². The number of imidazole rings is 1. The number of fused-ring (bicyclic) bond motifs is 1. The van der Waals surface area contributed by atoms with Crippen LogP contribution in [0.15, 0.2) is 24.5 Å². The van der Waals surface area contributed by atoms with Gasteiger partial charge in [0.05, 0.1) is 11.4 Å². The Hall–Kier alpha value is -2.41. The molecule has 0 bridgehead atoms. The monoisotopic (exact) mass is 325 g/mol. The van der Waals surface area contributed by atoms with Crippen LogP contribution in [0.5, 0.6) is 0 Å². The molecule has 0 amide bonds. The molecule has 0 fully saturated rings. The molecule has 4 heterocycles. The number of nitrogens with one attached hydrogen (secondary N) is 2. The molecule has 0 aromatic carbocycles. The van der Waals surface area contributed by atoms with E-state index in [1.807, 2.05) is 19.3 Å². The number of rotatable bonds is 4. The summed E-state index contributed by atoms with van der Waals surface area (Å²) in [6.45, 7) is 7.10. The minimum atomic E-state index is 0.268. The number of aromatic nitrogens is 6. The van der Waals surface area contributed by atoms with Gasteiger partial charge in [-0.05, 0) is 38.9 Å². The smallest absolute Gasteiger partial charge is 0.160 e. The first-order valence-corrected chi connectivity index (χ1v) is 8.52. The molecule has 3 aromatic rings. The van der Waals surface area contributed by atoms with Crippen LogP contribution in [0.4, 0.5) is 0 Å². The van der Waals surface area contributed by atoms with Crippen LogP contribution in [-0.4, -0.2) is 36.1 Å². The molecule has 24 heavy (non-hydrogen) atoms. The summed E-state index contributed by atoms with van der Waals surface area (Å²) in [6, 6.07) is 4.52. The number of hydrogen-bond acceptors (Lipinski definition) is 4. The molecular weight excluding hydrogens is 302 g/mol. The van der Waals surface area contributed by atoms with Gasteiger partial charge in [-0.3, -0.25) is 9.78 Å². The summed E-state index contributed by atoms with van der Waals surface area (Å²) in [5.74, 6) is 0.926. The highest BCUT2D eigenvalue weighted by atomic mass is 15.3. The minimum Gasteiger partial charge on any atom is -0.326 e. The number of aromatic amines is 1. The van der Waals surface area contributed by atoms with E-state index in [-0.39, 0.29) is 6.04 Å². The van der Waals surface area contributed by atoms with Crippen molar-refractivity contribution in [1.82, 2.24) is 34.8 Å². The molecule has 1 atom stereocenters. The lowest BCUT2D eigenvalue weighted by Gasteiger charge is -2.14. The quantitative estimate of drug-likeness (QED) is 0.770. The van der Waals surface area contributed by atoms with Gasteiger partial charge in [0.1, 0.15) is 5.69 Å². The fourth-order valence-corrected chi connectivity index (χ4v) is 3.32. The Balaban J connectivity index is 1.60. The van der Waals surface area contributed by atoms with Crippen molar-refractivity contribution in [2.45, 2.75) is 45.8 Å². The normalized spacial score (nSPS) is 15.9. The van der Waals surface area contributed by atoms with E-state index in [9.17, 15) is 0 Å². The number of hydrogen-bond donors (Lipinski definition) is 2. The van der Waals surface area contributed by atoms with Gasteiger partial charge in [0, 0.05) is 43.6 Å². The lowest BCUT2D eigenvalue weighted by atomic mass is 10.1. The summed E-state index contributed by atoms with van der Waals surface area (Å²) in [6.07, 6.45) is 5.85. The van der Waals surface area contributed by atoms with E-state index in [0.717, 1.165) is 55.4 Å². The standard InChI is InChI=1S/C17H23N7/c1-12-8-14(21-20-12)9-13(2)23-7-5-19-17(23)16-10-15-11-18-4-3-6-24(15)22-16/h5,7-8,10,13,18H,3-4,6,9,11H2,1-2H3,(H,20,21). The second-order valence-electron chi connectivity index (χ2n) is 6.53. The third kappa shape index (κ3) is 2.87. The molecule has 126 valence electrons. The van der Waals surface area contributed by atoms with Crippen LogP contribution in [0.3, 0.4) is 0 Å². The van der Waals surface area contributed by atoms with Gasteiger partial charge in [0.15, 0.2) is 5.82 Å². The molecule has 1 aliphatic heterocycles. The maximum Gasteiger partial charge on any atom is 0.160 e. The average molecular weight is 325 g/mol. The van der Waals surface area contributed by atoms with Gasteiger partial charge in [0.25, 0.3) is 0 Å². The van der Waals surface area contributed by atoms with Crippen LogP contribution in [0.25, 0.3) is 11.5 Å². The molecular formula is C17H23N7. The largest absolute Gasteiger partial charge is 0.326 e. The number of H-pyrrole nitrogens is 1. The van der Waals surface area contributed by atoms with Gasteiger partial charge in [-0.2, -0.15) is 10.2 Å². The van der Waals surface area contributed by atoms with Crippen LogP contribution in [0.2, 0.25) is 0 Å². The molecule has 0 saturated heterocycles.